The van der Waals surface area contributed by atoms with Crippen molar-refractivity contribution in [3.8, 4) is 0 Å². The zero-order valence-electron chi connectivity index (χ0n) is 12.8. The first kappa shape index (κ1) is 14.7. The molecule has 21 heavy (non-hydrogen) atoms. The number of fused-ring (bicyclic) bond motifs is 1. The monoisotopic (exact) mass is 306 g/mol. The van der Waals surface area contributed by atoms with Crippen LogP contribution in [0, 0.1) is 0 Å². The van der Waals surface area contributed by atoms with E-state index in [-0.39, 0.29) is 5.60 Å². The highest BCUT2D eigenvalue weighted by Gasteiger charge is 2.31. The summed E-state index contributed by atoms with van der Waals surface area (Å²) in [7, 11) is 3.71. The van der Waals surface area contributed by atoms with E-state index in [1.165, 1.54) is 0 Å². The molecule has 1 aliphatic heterocycles. The summed E-state index contributed by atoms with van der Waals surface area (Å²) >= 11 is 1.66. The minimum Gasteiger partial charge on any atom is -0.377 e. The van der Waals surface area contributed by atoms with Gasteiger partial charge < -0.3 is 10.1 Å². The quantitative estimate of drug-likeness (QED) is 0.941. The number of hydrogen-bond donors (Lipinski definition) is 1. The number of nitrogens with one attached hydrogen (secondary N) is 1. The molecule has 0 spiro atoms. The molecule has 2 aromatic rings. The van der Waals surface area contributed by atoms with E-state index in [9.17, 15) is 0 Å². The second-order valence-electron chi connectivity index (χ2n) is 5.85. The van der Waals surface area contributed by atoms with Gasteiger partial charge in [0.15, 0.2) is 0 Å². The Hall–Kier alpha value is -1.24. The van der Waals surface area contributed by atoms with Crippen LogP contribution in [0.25, 0.3) is 10.2 Å². The van der Waals surface area contributed by atoms with Crippen LogP contribution in [-0.2, 0) is 11.3 Å². The third kappa shape index (κ3) is 3.02. The second kappa shape index (κ2) is 5.87. The molecule has 1 saturated heterocycles. The van der Waals surface area contributed by atoms with Gasteiger partial charge in [-0.05, 0) is 37.8 Å². The highest BCUT2D eigenvalue weighted by atomic mass is 32.1. The molecule has 5 nitrogen and oxygen atoms in total. The molecular formula is C15H22N4OS. The fraction of sp³-hybridized carbons (Fsp3) is 0.600. The molecule has 2 aromatic heterocycles. The Morgan fingerprint density at radius 3 is 3.10 bits per heavy atom. The van der Waals surface area contributed by atoms with Crippen molar-refractivity contribution in [2.24, 2.45) is 0 Å². The summed E-state index contributed by atoms with van der Waals surface area (Å²) in [5, 5.41) is 6.34. The van der Waals surface area contributed by atoms with Crippen LogP contribution in [-0.4, -0.2) is 47.7 Å². The van der Waals surface area contributed by atoms with Crippen molar-refractivity contribution in [2.45, 2.75) is 31.9 Å². The third-order valence-electron chi connectivity index (χ3n) is 4.20. The molecule has 6 heteroatoms. The highest BCUT2D eigenvalue weighted by Crippen LogP contribution is 2.27. The van der Waals surface area contributed by atoms with Crippen LogP contribution in [0.5, 0.6) is 0 Å². The van der Waals surface area contributed by atoms with Gasteiger partial charge in [0.1, 0.15) is 16.5 Å². The van der Waals surface area contributed by atoms with E-state index in [1.54, 1.807) is 18.4 Å². The number of ether oxygens (including phenoxy) is 1. The fourth-order valence-corrected chi connectivity index (χ4v) is 3.75. The molecule has 1 atom stereocenters. The Bertz CT molecular complexity index is 629. The van der Waals surface area contributed by atoms with Gasteiger partial charge in [-0.3, -0.25) is 4.90 Å². The Balaban J connectivity index is 1.81. The maximum Gasteiger partial charge on any atom is 0.146 e. The fourth-order valence-electron chi connectivity index (χ4n) is 2.97. The Morgan fingerprint density at radius 2 is 2.33 bits per heavy atom. The number of nitrogens with zero attached hydrogens (tertiary/aromatic N) is 3. The molecule has 1 N–H and O–H groups in total. The Morgan fingerprint density at radius 1 is 1.48 bits per heavy atom. The molecule has 0 amide bonds. The summed E-state index contributed by atoms with van der Waals surface area (Å²) < 4.78 is 5.66. The smallest absolute Gasteiger partial charge is 0.146 e. The van der Waals surface area contributed by atoms with Crippen molar-refractivity contribution in [2.75, 3.05) is 32.6 Å². The van der Waals surface area contributed by atoms with Crippen molar-refractivity contribution in [3.63, 3.8) is 0 Å². The zero-order valence-corrected chi connectivity index (χ0v) is 13.7. The first-order valence-electron chi connectivity index (χ1n) is 7.33. The molecule has 0 aromatic carbocycles. The van der Waals surface area contributed by atoms with Gasteiger partial charge in [-0.1, -0.05) is 0 Å². The molecule has 3 heterocycles. The normalized spacial score (nSPS) is 23.6. The molecule has 3 rings (SSSR count). The number of anilines is 1. The first-order valence-corrected chi connectivity index (χ1v) is 8.21. The molecule has 0 saturated carbocycles. The van der Waals surface area contributed by atoms with Crippen molar-refractivity contribution >= 4 is 27.4 Å². The predicted octanol–water partition coefficient (Wildman–Crippen LogP) is 2.73. The number of thiophene rings is 1. The number of likely N-dealkylation sites (tertiary alicyclic amines) is 1. The summed E-state index contributed by atoms with van der Waals surface area (Å²) in [5.41, 5.74) is -0.0445. The highest BCUT2D eigenvalue weighted by molar-refractivity contribution is 7.16. The topological polar surface area (TPSA) is 50.3 Å². The van der Waals surface area contributed by atoms with Crippen molar-refractivity contribution in [1.82, 2.24) is 14.9 Å². The number of methoxy groups -OCH3 is 1. The lowest BCUT2D eigenvalue weighted by atomic mass is 9.95. The molecule has 0 aliphatic carbocycles. The van der Waals surface area contributed by atoms with Crippen LogP contribution in [0.3, 0.4) is 0 Å². The maximum absolute atomic E-state index is 5.66. The lowest BCUT2D eigenvalue weighted by Gasteiger charge is -2.39. The number of aromatic nitrogens is 2. The van der Waals surface area contributed by atoms with Crippen molar-refractivity contribution in [1.29, 1.82) is 0 Å². The molecule has 114 valence electrons. The summed E-state index contributed by atoms with van der Waals surface area (Å²) in [6.45, 7) is 4.98. The van der Waals surface area contributed by atoms with Gasteiger partial charge in [0.2, 0.25) is 0 Å². The van der Waals surface area contributed by atoms with E-state index < -0.39 is 0 Å². The molecule has 1 fully saturated rings. The van der Waals surface area contributed by atoms with Crippen LogP contribution in [0.15, 0.2) is 11.4 Å². The second-order valence-corrected chi connectivity index (χ2v) is 6.74. The van der Waals surface area contributed by atoms with Gasteiger partial charge in [-0.2, -0.15) is 0 Å². The predicted molar refractivity (Wildman–Crippen MR) is 86.9 cm³/mol. The largest absolute Gasteiger partial charge is 0.377 e. The van der Waals surface area contributed by atoms with E-state index in [0.717, 1.165) is 54.3 Å². The van der Waals surface area contributed by atoms with E-state index in [0.29, 0.717) is 0 Å². The van der Waals surface area contributed by atoms with Crippen LogP contribution >= 0.6 is 11.3 Å². The van der Waals surface area contributed by atoms with Gasteiger partial charge >= 0.3 is 0 Å². The van der Waals surface area contributed by atoms with Gasteiger partial charge in [0, 0.05) is 20.7 Å². The average molecular weight is 306 g/mol. The van der Waals surface area contributed by atoms with Crippen LogP contribution < -0.4 is 5.32 Å². The van der Waals surface area contributed by atoms with Crippen LogP contribution in [0.2, 0.25) is 0 Å². The van der Waals surface area contributed by atoms with E-state index in [4.69, 9.17) is 9.72 Å². The Kier molecular flexibility index (Phi) is 4.10. The summed E-state index contributed by atoms with van der Waals surface area (Å²) in [6.07, 6.45) is 2.27. The lowest BCUT2D eigenvalue weighted by Crippen LogP contribution is -2.47. The van der Waals surface area contributed by atoms with E-state index >= 15 is 0 Å². The van der Waals surface area contributed by atoms with Gasteiger partial charge in [-0.25, -0.2) is 9.97 Å². The van der Waals surface area contributed by atoms with Crippen LogP contribution in [0.4, 0.5) is 5.82 Å². The van der Waals surface area contributed by atoms with Gasteiger partial charge in [0.05, 0.1) is 17.5 Å². The Labute approximate surface area is 129 Å². The van der Waals surface area contributed by atoms with E-state index in [1.807, 2.05) is 7.05 Å². The lowest BCUT2D eigenvalue weighted by molar-refractivity contribution is -0.0531. The standard InChI is InChI=1S/C15H22N4OS/c1-15(20-3)6-4-7-19(10-15)9-12-17-13(16-2)11-5-8-21-14(11)18-12/h5,8H,4,6-7,9-10H2,1-3H3,(H,16,17,18). The number of rotatable bonds is 4. The summed E-state index contributed by atoms with van der Waals surface area (Å²) in [5.74, 6) is 1.80. The third-order valence-corrected chi connectivity index (χ3v) is 5.01. The summed E-state index contributed by atoms with van der Waals surface area (Å²) in [6, 6.07) is 2.07. The molecular weight excluding hydrogens is 284 g/mol. The van der Waals surface area contributed by atoms with Crippen molar-refractivity contribution < 1.29 is 4.74 Å². The minimum atomic E-state index is -0.0445. The minimum absolute atomic E-state index is 0.0445. The summed E-state index contributed by atoms with van der Waals surface area (Å²) in [4.78, 5) is 12.8. The van der Waals surface area contributed by atoms with Crippen molar-refractivity contribution in [3.05, 3.63) is 17.3 Å². The number of piperidine rings is 1. The molecule has 1 aliphatic rings. The SMILES string of the molecule is CNc1nc(CN2CCCC(C)(OC)C2)nc2sccc12. The first-order chi connectivity index (χ1) is 10.1. The maximum atomic E-state index is 5.66. The zero-order chi connectivity index (χ0) is 14.9. The molecule has 0 bridgehead atoms. The molecule has 0 radical (unpaired) electrons. The van der Waals surface area contributed by atoms with E-state index in [2.05, 4.69) is 33.6 Å². The average Bonchev–Trinajstić information content (AvgIpc) is 2.95. The van der Waals surface area contributed by atoms with Gasteiger partial charge in [-0.15, -0.1) is 11.3 Å². The molecule has 1 unspecified atom stereocenters. The number of hydrogen-bond acceptors (Lipinski definition) is 6. The van der Waals surface area contributed by atoms with Crippen LogP contribution in [0.1, 0.15) is 25.6 Å². The van der Waals surface area contributed by atoms with Gasteiger partial charge in [0.25, 0.3) is 0 Å².